The second-order valence-corrected chi connectivity index (χ2v) is 10.4. The predicted molar refractivity (Wildman–Crippen MR) is 145 cm³/mol. The first-order valence-corrected chi connectivity index (χ1v) is 14.6. The molecule has 0 saturated carbocycles. The first-order valence-electron chi connectivity index (χ1n) is 14.6. The van der Waals surface area contributed by atoms with Crippen molar-refractivity contribution in [3.8, 4) is 0 Å². The van der Waals surface area contributed by atoms with Gasteiger partial charge in [-0.1, -0.05) is 97.3 Å². The fourth-order valence-electron chi connectivity index (χ4n) is 4.73. The van der Waals surface area contributed by atoms with Crippen LogP contribution in [0.5, 0.6) is 0 Å². The van der Waals surface area contributed by atoms with E-state index in [2.05, 4.69) is 37.7 Å². The molecule has 0 aromatic heterocycles. The van der Waals surface area contributed by atoms with Gasteiger partial charge < -0.3 is 14.9 Å². The zero-order valence-corrected chi connectivity index (χ0v) is 23.1. The molecule has 4 heteroatoms. The van der Waals surface area contributed by atoms with Gasteiger partial charge in [0.15, 0.2) is 0 Å². The summed E-state index contributed by atoms with van der Waals surface area (Å²) in [5, 5.41) is 9.15. The Balaban J connectivity index is 4.80. The van der Waals surface area contributed by atoms with Crippen LogP contribution in [0.1, 0.15) is 142 Å². The fourth-order valence-corrected chi connectivity index (χ4v) is 4.73. The maximum atomic E-state index is 13.3. The van der Waals surface area contributed by atoms with Gasteiger partial charge in [0.2, 0.25) is 5.91 Å². The molecule has 0 bridgehead atoms. The second-order valence-electron chi connectivity index (χ2n) is 10.4. The third kappa shape index (κ3) is 20.5. The lowest BCUT2D eigenvalue weighted by molar-refractivity contribution is -0.134. The van der Waals surface area contributed by atoms with Gasteiger partial charge in [0.1, 0.15) is 0 Å². The molecular formula is C29H60N2O2. The number of hydrogen-bond donors (Lipinski definition) is 1. The smallest absolute Gasteiger partial charge is 0.222 e. The number of aliphatic hydroxyl groups is 1. The summed E-state index contributed by atoms with van der Waals surface area (Å²) in [4.78, 5) is 17.7. The van der Waals surface area contributed by atoms with Crippen LogP contribution in [0.3, 0.4) is 0 Å². The van der Waals surface area contributed by atoms with E-state index in [0.717, 1.165) is 38.8 Å². The zero-order chi connectivity index (χ0) is 24.6. The fraction of sp³-hybridized carbons (Fsp3) is 0.966. The third-order valence-corrected chi connectivity index (χ3v) is 6.85. The van der Waals surface area contributed by atoms with Crippen molar-refractivity contribution >= 4 is 5.91 Å². The molecule has 4 nitrogen and oxygen atoms in total. The molecule has 1 amide bonds. The summed E-state index contributed by atoms with van der Waals surface area (Å²) in [7, 11) is 4.16. The van der Waals surface area contributed by atoms with Gasteiger partial charge in [-0.2, -0.15) is 0 Å². The molecule has 1 N–H and O–H groups in total. The Morgan fingerprint density at radius 3 is 1.61 bits per heavy atom. The Hall–Kier alpha value is -0.610. The number of hydrogen-bond acceptors (Lipinski definition) is 3. The molecule has 0 aliphatic rings. The summed E-state index contributed by atoms with van der Waals surface area (Å²) in [6.07, 6.45) is 24.1. The number of carbonyl (C=O) groups is 1. The van der Waals surface area contributed by atoms with Crippen molar-refractivity contribution in [1.82, 2.24) is 9.80 Å². The van der Waals surface area contributed by atoms with Crippen molar-refractivity contribution < 1.29 is 9.90 Å². The molecule has 33 heavy (non-hydrogen) atoms. The normalized spacial score (nSPS) is 12.4. The number of rotatable bonds is 25. The van der Waals surface area contributed by atoms with E-state index in [1.807, 2.05) is 0 Å². The molecular weight excluding hydrogens is 408 g/mol. The van der Waals surface area contributed by atoms with Gasteiger partial charge in [0.05, 0.1) is 0 Å². The Bertz CT molecular complexity index is 414. The first kappa shape index (κ1) is 32.4. The molecule has 0 radical (unpaired) electrons. The summed E-state index contributed by atoms with van der Waals surface area (Å²) in [5.74, 6) is 0.360. The molecule has 198 valence electrons. The van der Waals surface area contributed by atoms with Crippen LogP contribution in [0.2, 0.25) is 0 Å². The zero-order valence-electron chi connectivity index (χ0n) is 23.1. The molecule has 0 heterocycles. The van der Waals surface area contributed by atoms with Gasteiger partial charge in [-0.05, 0) is 59.2 Å². The Morgan fingerprint density at radius 1 is 0.636 bits per heavy atom. The molecule has 0 aliphatic heterocycles. The van der Waals surface area contributed by atoms with Crippen LogP contribution in [-0.4, -0.2) is 60.6 Å². The van der Waals surface area contributed by atoms with Crippen molar-refractivity contribution in [1.29, 1.82) is 0 Å². The first-order chi connectivity index (χ1) is 16.1. The quantitative estimate of drug-likeness (QED) is 0.140. The topological polar surface area (TPSA) is 43.8 Å². The highest BCUT2D eigenvalue weighted by molar-refractivity contribution is 5.76. The lowest BCUT2D eigenvalue weighted by Gasteiger charge is -2.33. The van der Waals surface area contributed by atoms with Gasteiger partial charge >= 0.3 is 0 Å². The molecule has 0 fully saturated rings. The summed E-state index contributed by atoms with van der Waals surface area (Å²) < 4.78 is 0. The van der Waals surface area contributed by atoms with E-state index in [-0.39, 0.29) is 6.61 Å². The SMILES string of the molecule is CCCCCCCCCCC(CCCCCCC)N(CCCCCO)C(=O)CCCN(C)C. The van der Waals surface area contributed by atoms with E-state index < -0.39 is 0 Å². The van der Waals surface area contributed by atoms with E-state index in [0.29, 0.717) is 18.4 Å². The number of aliphatic hydroxyl groups excluding tert-OH is 1. The standard InChI is InChI=1S/C29H60N2O2/c1-5-7-9-11-12-13-15-18-23-28(22-17-14-10-8-6-2)31(26-19-16-20-27-32)29(33)24-21-25-30(3)4/h28,32H,5-27H2,1-4H3. The van der Waals surface area contributed by atoms with E-state index in [4.69, 9.17) is 5.11 Å². The minimum Gasteiger partial charge on any atom is -0.396 e. The molecule has 0 spiro atoms. The van der Waals surface area contributed by atoms with E-state index in [9.17, 15) is 4.79 Å². The van der Waals surface area contributed by atoms with E-state index in [1.165, 1.54) is 96.3 Å². The van der Waals surface area contributed by atoms with Crippen molar-refractivity contribution in [2.75, 3.05) is 33.8 Å². The highest BCUT2D eigenvalue weighted by Crippen LogP contribution is 2.21. The molecule has 0 aliphatic carbocycles. The Labute approximate surface area is 207 Å². The van der Waals surface area contributed by atoms with Crippen LogP contribution in [0.25, 0.3) is 0 Å². The summed E-state index contributed by atoms with van der Waals surface area (Å²) in [6.45, 7) is 6.66. The molecule has 0 aromatic rings. The largest absolute Gasteiger partial charge is 0.396 e. The van der Waals surface area contributed by atoms with Crippen LogP contribution in [0, 0.1) is 0 Å². The highest BCUT2D eigenvalue weighted by Gasteiger charge is 2.22. The van der Waals surface area contributed by atoms with Gasteiger partial charge in [-0.15, -0.1) is 0 Å². The van der Waals surface area contributed by atoms with E-state index in [1.54, 1.807) is 0 Å². The number of amides is 1. The van der Waals surface area contributed by atoms with Gasteiger partial charge in [-0.25, -0.2) is 0 Å². The van der Waals surface area contributed by atoms with Crippen LogP contribution < -0.4 is 0 Å². The minimum absolute atomic E-state index is 0.260. The molecule has 0 saturated heterocycles. The highest BCUT2D eigenvalue weighted by atomic mass is 16.2. The monoisotopic (exact) mass is 468 g/mol. The lowest BCUT2D eigenvalue weighted by atomic mass is 9.97. The predicted octanol–water partition coefficient (Wildman–Crippen LogP) is 7.58. The van der Waals surface area contributed by atoms with Crippen molar-refractivity contribution in [3.05, 3.63) is 0 Å². The maximum absolute atomic E-state index is 13.3. The number of unbranched alkanes of at least 4 members (excludes halogenated alkanes) is 13. The van der Waals surface area contributed by atoms with Crippen LogP contribution >= 0.6 is 0 Å². The Kier molecular flexibility index (Phi) is 24.1. The molecule has 0 aromatic carbocycles. The average molecular weight is 469 g/mol. The van der Waals surface area contributed by atoms with E-state index >= 15 is 0 Å². The van der Waals surface area contributed by atoms with Crippen LogP contribution in [0.4, 0.5) is 0 Å². The number of nitrogens with zero attached hydrogens (tertiary/aromatic N) is 2. The second kappa shape index (κ2) is 24.5. The molecule has 1 unspecified atom stereocenters. The van der Waals surface area contributed by atoms with Gasteiger partial charge in [0.25, 0.3) is 0 Å². The average Bonchev–Trinajstić information content (AvgIpc) is 2.79. The van der Waals surface area contributed by atoms with Crippen LogP contribution in [0.15, 0.2) is 0 Å². The van der Waals surface area contributed by atoms with Crippen molar-refractivity contribution in [3.63, 3.8) is 0 Å². The summed E-state index contributed by atoms with van der Waals surface area (Å²) >= 11 is 0. The van der Waals surface area contributed by atoms with Gasteiger partial charge in [0, 0.05) is 25.6 Å². The Morgan fingerprint density at radius 2 is 1.12 bits per heavy atom. The van der Waals surface area contributed by atoms with Crippen LogP contribution in [-0.2, 0) is 4.79 Å². The molecule has 1 atom stereocenters. The minimum atomic E-state index is 0.260. The van der Waals surface area contributed by atoms with Gasteiger partial charge in [-0.3, -0.25) is 4.79 Å². The van der Waals surface area contributed by atoms with Crippen molar-refractivity contribution in [2.24, 2.45) is 0 Å². The summed E-state index contributed by atoms with van der Waals surface area (Å²) in [6, 6.07) is 0.410. The lowest BCUT2D eigenvalue weighted by Crippen LogP contribution is -2.41. The maximum Gasteiger partial charge on any atom is 0.222 e. The number of carbonyl (C=O) groups excluding carboxylic acids is 1. The summed E-state index contributed by atoms with van der Waals surface area (Å²) in [5.41, 5.74) is 0. The molecule has 0 rings (SSSR count). The third-order valence-electron chi connectivity index (χ3n) is 6.85. The van der Waals surface area contributed by atoms with Crippen molar-refractivity contribution in [2.45, 2.75) is 148 Å².